The molecule has 6 aliphatic heterocycles. The summed E-state index contributed by atoms with van der Waals surface area (Å²) >= 11 is 6.56. The van der Waals surface area contributed by atoms with Crippen LogP contribution in [-0.2, 0) is 60.5 Å². The van der Waals surface area contributed by atoms with Crippen LogP contribution in [0.4, 0.5) is 21.8 Å². The van der Waals surface area contributed by atoms with Gasteiger partial charge in [-0.1, -0.05) is 111 Å². The first kappa shape index (κ1) is 104. The van der Waals surface area contributed by atoms with Crippen molar-refractivity contribution in [3.63, 3.8) is 0 Å². The highest BCUT2D eigenvalue weighted by Crippen LogP contribution is 2.49. The number of pyridine rings is 7. The largest absolute Gasteiger partial charge is 0.497 e. The van der Waals surface area contributed by atoms with Crippen LogP contribution in [0, 0.1) is 48.4 Å². The zero-order valence-electron chi connectivity index (χ0n) is 84.0. The van der Waals surface area contributed by atoms with Crippen molar-refractivity contribution in [2.75, 3.05) is 80.1 Å². The van der Waals surface area contributed by atoms with Crippen molar-refractivity contribution >= 4 is 125 Å². The quantitative estimate of drug-likeness (QED) is 0.0848. The summed E-state index contributed by atoms with van der Waals surface area (Å²) < 4.78 is 114. The molecule has 0 amide bonds. The van der Waals surface area contributed by atoms with Gasteiger partial charge in [0.25, 0.3) is 46.7 Å². The highest BCUT2D eigenvalue weighted by molar-refractivity contribution is 9.10. The zero-order valence-corrected chi connectivity index (χ0v) is 89.7. The van der Waals surface area contributed by atoms with Gasteiger partial charge < -0.3 is 48.3 Å². The molecule has 758 valence electrons. The van der Waals surface area contributed by atoms with Crippen LogP contribution >= 0.6 is 31.9 Å². The Balaban J connectivity index is 0.000000126. The molecule has 4 spiro atoms. The van der Waals surface area contributed by atoms with E-state index in [1.54, 1.807) is 137 Å². The predicted octanol–water partition coefficient (Wildman–Crippen LogP) is 20.3. The van der Waals surface area contributed by atoms with Gasteiger partial charge in [0.2, 0.25) is 5.95 Å². The molecule has 143 heavy (non-hydrogen) atoms. The molecule has 16 heterocycles. The fourth-order valence-corrected chi connectivity index (χ4v) is 27.0. The molecule has 9 fully saturated rings. The summed E-state index contributed by atoms with van der Waals surface area (Å²) in [5.41, 5.74) is 7.32. The van der Waals surface area contributed by atoms with Gasteiger partial charge in [0.1, 0.15) is 34.0 Å². The lowest BCUT2D eigenvalue weighted by atomic mass is 9.68. The highest BCUT2D eigenvalue weighted by Gasteiger charge is 2.53. The lowest BCUT2D eigenvalue weighted by molar-refractivity contribution is 0.00578. The minimum Gasteiger partial charge on any atom is -0.399 e. The van der Waals surface area contributed by atoms with Gasteiger partial charge in [-0.25, -0.2) is 57.1 Å². The van der Waals surface area contributed by atoms with E-state index in [1.165, 1.54) is 231 Å². The van der Waals surface area contributed by atoms with Gasteiger partial charge in [-0.2, -0.15) is 4.39 Å². The number of halogens is 3. The molecular weight excluding hydrogens is 1990 g/mol. The third-order valence-electron chi connectivity index (χ3n) is 32.3. The topological polar surface area (TPSA) is 287 Å². The fourth-order valence-electron chi connectivity index (χ4n) is 22.5. The number of piperidine rings is 5. The Morgan fingerprint density at radius 2 is 0.643 bits per heavy atom. The molecule has 3 aliphatic carbocycles. The lowest BCUT2D eigenvalue weighted by Crippen LogP contribution is -2.45. The maximum Gasteiger partial charge on any atom is 0.497 e. The molecule has 0 atom stereocenters. The van der Waals surface area contributed by atoms with E-state index in [2.05, 4.69) is 79.3 Å². The Morgan fingerprint density at radius 3 is 0.951 bits per heavy atom. The van der Waals surface area contributed by atoms with Crippen LogP contribution in [0.5, 0.6) is 0 Å². The van der Waals surface area contributed by atoms with E-state index in [1.807, 2.05) is 91.3 Å². The molecule has 9 aliphatic rings. The SMILES string of the molecule is Brc1ccc(N2CCC3(CCCCC3)CC2)nc1.C1CCC2(CC1)CCNCC2.Cc1ccc(S(=O)(=O)n2ccc3c(-c4ccc(N5CCC6(CCCCC6)CC5)nc4)cn(C)c(=O)c32)cc1.Cc1ccc(S(=O)(=O)n2ccc3c(-c4ccc(N5CCC6(CCNCC6)CC5)nc4)cn(C)c(=O)c32)cc1.Cc1ccc(S(=O)(=O)n2ccc3c(B4OC(C)(C)C(C)(C)O4)cn(C)c(=O)c32)cc1.Fc1ccc(Br)cn1. The minimum absolute atomic E-state index is 0.0743. The number of benzene rings is 3. The Kier molecular flexibility index (Phi) is 31.6. The van der Waals surface area contributed by atoms with E-state index < -0.39 is 59.9 Å². The van der Waals surface area contributed by atoms with Crippen molar-refractivity contribution in [2.24, 2.45) is 42.8 Å². The number of anilines is 3. The Labute approximate surface area is 857 Å². The first-order valence-electron chi connectivity index (χ1n) is 50.8. The summed E-state index contributed by atoms with van der Waals surface area (Å²) in [4.78, 5) is 64.4. The van der Waals surface area contributed by atoms with E-state index in [9.17, 15) is 44.0 Å². The third-order valence-corrected chi connectivity index (χ3v) is 38.3. The first-order chi connectivity index (χ1) is 68.4. The summed E-state index contributed by atoms with van der Waals surface area (Å²) in [5.74, 6) is 2.62. The van der Waals surface area contributed by atoms with Crippen LogP contribution in [0.25, 0.3) is 55.0 Å². The Hall–Kier alpha value is -10.2. The second-order valence-electron chi connectivity index (χ2n) is 42.2. The van der Waals surface area contributed by atoms with Crippen molar-refractivity contribution in [3.05, 3.63) is 264 Å². The van der Waals surface area contributed by atoms with Gasteiger partial charge >= 0.3 is 7.12 Å². The van der Waals surface area contributed by atoms with Crippen LogP contribution in [0.15, 0.2) is 240 Å². The lowest BCUT2D eigenvalue weighted by Gasteiger charge is -2.44. The first-order valence-corrected chi connectivity index (χ1v) is 56.7. The Morgan fingerprint density at radius 1 is 0.350 bits per heavy atom. The molecule has 6 saturated heterocycles. The molecule has 26 nitrogen and oxygen atoms in total. The summed E-state index contributed by atoms with van der Waals surface area (Å²) in [6.45, 7) is 24.7. The molecule has 3 saturated carbocycles. The molecule has 22 rings (SSSR count). The normalized spacial score (nSPS) is 19.1. The summed E-state index contributed by atoms with van der Waals surface area (Å²) in [6.07, 6.45) is 51.2. The van der Waals surface area contributed by atoms with Crippen molar-refractivity contribution in [2.45, 2.75) is 235 Å². The van der Waals surface area contributed by atoms with Gasteiger partial charge in [-0.3, -0.25) is 14.4 Å². The van der Waals surface area contributed by atoms with Crippen molar-refractivity contribution < 1.29 is 39.0 Å². The molecular formula is C110H135BBr2FN15O11S3. The molecule has 0 radical (unpaired) electrons. The smallest absolute Gasteiger partial charge is 0.399 e. The van der Waals surface area contributed by atoms with Crippen LogP contribution in [0.2, 0.25) is 0 Å². The number of fused-ring (bicyclic) bond motifs is 3. The molecule has 0 bridgehead atoms. The number of rotatable bonds is 12. The summed E-state index contributed by atoms with van der Waals surface area (Å²) in [5, 5.41) is 8.61. The van der Waals surface area contributed by atoms with E-state index in [4.69, 9.17) is 19.3 Å². The number of hydrogen-bond donors (Lipinski definition) is 2. The van der Waals surface area contributed by atoms with E-state index in [0.717, 1.165) is 122 Å². The molecule has 2 N–H and O–H groups in total. The fraction of sp³-hybridized carbons (Fsp3) is 0.464. The van der Waals surface area contributed by atoms with Gasteiger partial charge in [0, 0.05) is 175 Å². The minimum atomic E-state index is -3.94. The van der Waals surface area contributed by atoms with Crippen molar-refractivity contribution in [1.82, 2.24) is 56.2 Å². The molecule has 33 heteroatoms. The molecule has 0 unspecified atom stereocenters. The monoisotopic (exact) mass is 2130 g/mol. The van der Waals surface area contributed by atoms with Gasteiger partial charge in [-0.15, -0.1) is 0 Å². The third kappa shape index (κ3) is 22.8. The number of aryl methyl sites for hydroxylation is 6. The number of nitrogens with zero attached hydrogens (tertiary/aromatic N) is 13. The van der Waals surface area contributed by atoms with Crippen molar-refractivity contribution in [3.8, 4) is 22.3 Å². The second kappa shape index (κ2) is 43.4. The average molecular weight is 2130 g/mol. The predicted molar refractivity (Wildman–Crippen MR) is 576 cm³/mol. The van der Waals surface area contributed by atoms with E-state index in [0.29, 0.717) is 37.9 Å². The van der Waals surface area contributed by atoms with Crippen LogP contribution < -0.4 is 47.5 Å². The second-order valence-corrected chi connectivity index (χ2v) is 49.4. The van der Waals surface area contributed by atoms with Gasteiger partial charge in [-0.05, 0) is 334 Å². The number of nitrogens with one attached hydrogen (secondary N) is 2. The van der Waals surface area contributed by atoms with Gasteiger partial charge in [0.15, 0.2) is 0 Å². The summed E-state index contributed by atoms with van der Waals surface area (Å²) in [6, 6.07) is 40.1. The van der Waals surface area contributed by atoms with Crippen LogP contribution in [0.3, 0.4) is 0 Å². The highest BCUT2D eigenvalue weighted by atomic mass is 79.9. The maximum absolute atomic E-state index is 13.5. The van der Waals surface area contributed by atoms with E-state index >= 15 is 0 Å². The number of aromatic nitrogens is 10. The molecule has 3 aromatic carbocycles. The molecule has 13 aromatic rings. The Bertz CT molecular complexity index is 6900. The summed E-state index contributed by atoms with van der Waals surface area (Å²) in [7, 11) is -7.64. The average Bonchev–Trinajstić information content (AvgIpc) is 1.58. The number of hydrogen-bond acceptors (Lipinski definition) is 20. The maximum atomic E-state index is 13.5. The van der Waals surface area contributed by atoms with Gasteiger partial charge in [0.05, 0.1) is 25.9 Å². The van der Waals surface area contributed by atoms with Crippen LogP contribution in [-0.4, -0.2) is 155 Å². The van der Waals surface area contributed by atoms with Crippen LogP contribution in [0.1, 0.15) is 205 Å². The zero-order chi connectivity index (χ0) is 101. The molecule has 10 aromatic heterocycles. The standard InChI is InChI=1S/C30H34N4O3S.C29H33N5O3S.C21H25BN2O5S.C15H21BrN2.C10H19N.C5H3BrFN/c1-22-6-9-24(10-7-22)38(36,37)34-17-12-25-26(21-32(2)29(35)28(25)34)23-8-11-27(31-20-23)33-18-15-30(16-19-33)13-4-3-5-14-30;1-21-3-6-23(7-4-21)38(36,37)34-16-9-24-25(20-32(2)28(35)27(24)34)22-5-8-26(31-19-22)33-17-12-29(13-18-33)10-14-30-15-11-29;1-14-7-9-15(10-8-14)30(26,27)24-12-11-16-17(13-23(6)19(25)18(16)24)22-28-20(2,3)21(4,5)29-22;16-13-4-5-14(17-12-13)18-10-8-15(9-11-18)6-2-1-3-7-15;1-2-4-10(5-3-1)6-8-11-9-7-10;6-4-1-2-5(7)8-3-4/h6-12,17,20-21H,3-5,13-16,18-19H2,1-2H3;3-9,16,19-20,30H,10-15,17-18H2,1-2H3;7-13H,1-6H3;4-5,12H,1-3,6-11H2;11H,1-9H2;1-3H. The van der Waals surface area contributed by atoms with E-state index in [-0.39, 0.29) is 42.4 Å². The van der Waals surface area contributed by atoms with Crippen molar-refractivity contribution in [1.29, 1.82) is 0 Å².